The van der Waals surface area contributed by atoms with Gasteiger partial charge in [0, 0.05) is 51.4 Å². The van der Waals surface area contributed by atoms with Gasteiger partial charge in [0.15, 0.2) is 0 Å². The number of hydrogen-bond donors (Lipinski definition) is 1. The first kappa shape index (κ1) is 22.5. The molecular formula is C25H32ClN3O. The molecule has 0 bridgehead atoms. The number of rotatable bonds is 7. The van der Waals surface area contributed by atoms with Gasteiger partial charge in [-0.25, -0.2) is 0 Å². The molecule has 0 spiro atoms. The van der Waals surface area contributed by atoms with E-state index in [0.29, 0.717) is 6.42 Å². The zero-order valence-electron chi connectivity index (χ0n) is 17.6. The zero-order chi connectivity index (χ0) is 19.9. The molecule has 0 unspecified atom stereocenters. The fourth-order valence-corrected chi connectivity index (χ4v) is 4.23. The minimum atomic E-state index is 0. The summed E-state index contributed by atoms with van der Waals surface area (Å²) in [4.78, 5) is 17.2. The van der Waals surface area contributed by atoms with Crippen LogP contribution in [0.2, 0.25) is 0 Å². The molecule has 160 valence electrons. The number of amides is 1. The van der Waals surface area contributed by atoms with Crippen LogP contribution in [0.3, 0.4) is 0 Å². The number of carbonyl (C=O) groups excluding carboxylic acids is 1. The molecule has 2 aliphatic rings. The minimum absolute atomic E-state index is 0. The van der Waals surface area contributed by atoms with Crippen LogP contribution < -0.4 is 5.32 Å². The summed E-state index contributed by atoms with van der Waals surface area (Å²) in [7, 11) is 0. The average molecular weight is 426 g/mol. The first-order valence-electron chi connectivity index (χ1n) is 10.8. The maximum atomic E-state index is 12.3. The number of fused-ring (bicyclic) bond motifs is 1. The summed E-state index contributed by atoms with van der Waals surface area (Å²) in [6.07, 6.45) is 8.55. The summed E-state index contributed by atoms with van der Waals surface area (Å²) in [5.74, 6) is 0.121. The van der Waals surface area contributed by atoms with Gasteiger partial charge in [0.1, 0.15) is 0 Å². The van der Waals surface area contributed by atoms with Crippen molar-refractivity contribution in [3.05, 3.63) is 71.3 Å². The molecule has 4 rings (SSSR count). The van der Waals surface area contributed by atoms with Crippen molar-refractivity contribution in [2.24, 2.45) is 0 Å². The van der Waals surface area contributed by atoms with E-state index in [1.54, 1.807) is 0 Å². The third kappa shape index (κ3) is 6.43. The van der Waals surface area contributed by atoms with Crippen molar-refractivity contribution in [2.45, 2.75) is 25.7 Å². The molecule has 1 aliphatic carbocycles. The van der Waals surface area contributed by atoms with E-state index in [4.69, 9.17) is 0 Å². The van der Waals surface area contributed by atoms with Crippen LogP contribution in [-0.4, -0.2) is 55.0 Å². The van der Waals surface area contributed by atoms with E-state index in [1.807, 2.05) is 12.1 Å². The van der Waals surface area contributed by atoms with Gasteiger partial charge in [-0.15, -0.1) is 12.4 Å². The van der Waals surface area contributed by atoms with E-state index in [-0.39, 0.29) is 18.3 Å². The minimum Gasteiger partial charge on any atom is -0.326 e. The van der Waals surface area contributed by atoms with Gasteiger partial charge in [-0.05, 0) is 48.1 Å². The molecule has 4 nitrogen and oxygen atoms in total. The van der Waals surface area contributed by atoms with E-state index in [1.165, 1.54) is 29.5 Å². The molecule has 5 heteroatoms. The van der Waals surface area contributed by atoms with Crippen molar-refractivity contribution in [1.82, 2.24) is 9.80 Å². The van der Waals surface area contributed by atoms with Crippen molar-refractivity contribution in [3.8, 4) is 0 Å². The van der Waals surface area contributed by atoms with Gasteiger partial charge in [-0.3, -0.25) is 9.69 Å². The Morgan fingerprint density at radius 2 is 1.67 bits per heavy atom. The standard InChI is InChI=1S/C25H31N3O.ClH/c29-25(26-24-12-11-22-9-4-10-23(22)20-24)13-15-28-18-16-27(17-19-28)14-5-8-21-6-2-1-3-7-21;/h1-3,5-8,11-12,20H,4,9-10,13-19H2,(H,26,29);1H/b8-5+;. The highest BCUT2D eigenvalue weighted by molar-refractivity contribution is 5.91. The molecule has 1 amide bonds. The topological polar surface area (TPSA) is 35.6 Å². The summed E-state index contributed by atoms with van der Waals surface area (Å²) in [6, 6.07) is 16.8. The summed E-state index contributed by atoms with van der Waals surface area (Å²) in [5, 5.41) is 3.08. The number of carbonyl (C=O) groups is 1. The van der Waals surface area contributed by atoms with Crippen LogP contribution in [0.4, 0.5) is 5.69 Å². The predicted molar refractivity (Wildman–Crippen MR) is 127 cm³/mol. The molecule has 1 saturated heterocycles. The predicted octanol–water partition coefficient (Wildman–Crippen LogP) is 4.26. The molecule has 1 heterocycles. The highest BCUT2D eigenvalue weighted by atomic mass is 35.5. The van der Waals surface area contributed by atoms with E-state index in [0.717, 1.165) is 51.4 Å². The lowest BCUT2D eigenvalue weighted by Crippen LogP contribution is -2.46. The monoisotopic (exact) mass is 425 g/mol. The summed E-state index contributed by atoms with van der Waals surface area (Å²) >= 11 is 0. The third-order valence-electron chi connectivity index (χ3n) is 5.98. The fourth-order valence-electron chi connectivity index (χ4n) is 4.23. The number of benzene rings is 2. The van der Waals surface area contributed by atoms with Crippen LogP contribution in [0.5, 0.6) is 0 Å². The molecule has 30 heavy (non-hydrogen) atoms. The highest BCUT2D eigenvalue weighted by Gasteiger charge is 2.17. The highest BCUT2D eigenvalue weighted by Crippen LogP contribution is 2.24. The Labute approximate surface area is 186 Å². The average Bonchev–Trinajstić information content (AvgIpc) is 3.22. The van der Waals surface area contributed by atoms with Crippen LogP contribution in [0.25, 0.3) is 6.08 Å². The van der Waals surface area contributed by atoms with Gasteiger partial charge >= 0.3 is 0 Å². The van der Waals surface area contributed by atoms with E-state index >= 15 is 0 Å². The van der Waals surface area contributed by atoms with E-state index in [9.17, 15) is 4.79 Å². The van der Waals surface area contributed by atoms with Crippen molar-refractivity contribution in [2.75, 3.05) is 44.6 Å². The number of nitrogens with zero attached hydrogens (tertiary/aromatic N) is 2. The molecule has 0 aromatic heterocycles. The third-order valence-corrected chi connectivity index (χ3v) is 5.98. The first-order chi connectivity index (χ1) is 14.3. The largest absolute Gasteiger partial charge is 0.326 e. The van der Waals surface area contributed by atoms with Gasteiger partial charge < -0.3 is 10.2 Å². The smallest absolute Gasteiger partial charge is 0.225 e. The number of nitrogens with one attached hydrogen (secondary N) is 1. The fraction of sp³-hybridized carbons (Fsp3) is 0.400. The molecular weight excluding hydrogens is 394 g/mol. The molecule has 1 aliphatic heterocycles. The van der Waals surface area contributed by atoms with Crippen molar-refractivity contribution in [3.63, 3.8) is 0 Å². The molecule has 1 N–H and O–H groups in total. The SMILES string of the molecule is Cl.O=C(CCN1CCN(C/C=C/c2ccccc2)CC1)Nc1ccc2c(c1)CCC2. The molecule has 0 saturated carbocycles. The maximum Gasteiger partial charge on any atom is 0.225 e. The number of halogens is 1. The summed E-state index contributed by atoms with van der Waals surface area (Å²) in [5.41, 5.74) is 5.05. The van der Waals surface area contributed by atoms with Crippen LogP contribution in [0.15, 0.2) is 54.6 Å². The summed E-state index contributed by atoms with van der Waals surface area (Å²) in [6.45, 7) is 6.01. The van der Waals surface area contributed by atoms with Gasteiger partial charge in [0.25, 0.3) is 0 Å². The van der Waals surface area contributed by atoms with Gasteiger partial charge in [-0.2, -0.15) is 0 Å². The lowest BCUT2D eigenvalue weighted by molar-refractivity contribution is -0.116. The van der Waals surface area contributed by atoms with Crippen LogP contribution in [-0.2, 0) is 17.6 Å². The van der Waals surface area contributed by atoms with Crippen LogP contribution in [0.1, 0.15) is 29.5 Å². The number of piperazine rings is 1. The Hall–Kier alpha value is -2.14. The molecule has 1 fully saturated rings. The Kier molecular flexibility index (Phi) is 8.50. The molecule has 0 radical (unpaired) electrons. The Morgan fingerprint density at radius 3 is 2.47 bits per heavy atom. The lowest BCUT2D eigenvalue weighted by atomic mass is 10.1. The normalized spacial score (nSPS) is 16.9. The quantitative estimate of drug-likeness (QED) is 0.720. The second-order valence-electron chi connectivity index (χ2n) is 8.09. The van der Waals surface area contributed by atoms with Crippen molar-refractivity contribution < 1.29 is 4.79 Å². The second-order valence-corrected chi connectivity index (χ2v) is 8.09. The van der Waals surface area contributed by atoms with Crippen molar-refractivity contribution >= 4 is 30.1 Å². The number of anilines is 1. The Morgan fingerprint density at radius 1 is 0.933 bits per heavy atom. The number of aryl methyl sites for hydroxylation is 2. The van der Waals surface area contributed by atoms with E-state index < -0.39 is 0 Å². The zero-order valence-corrected chi connectivity index (χ0v) is 18.4. The molecule has 0 atom stereocenters. The first-order valence-corrected chi connectivity index (χ1v) is 10.8. The Bertz CT molecular complexity index is 845. The second kappa shape index (κ2) is 11.3. The van der Waals surface area contributed by atoms with Gasteiger partial charge in [0.2, 0.25) is 5.91 Å². The van der Waals surface area contributed by atoms with Crippen LogP contribution in [0, 0.1) is 0 Å². The molecule has 2 aromatic carbocycles. The Balaban J connectivity index is 0.00000256. The maximum absolute atomic E-state index is 12.3. The summed E-state index contributed by atoms with van der Waals surface area (Å²) < 4.78 is 0. The van der Waals surface area contributed by atoms with Gasteiger partial charge in [-0.1, -0.05) is 48.6 Å². The van der Waals surface area contributed by atoms with Gasteiger partial charge in [0.05, 0.1) is 0 Å². The lowest BCUT2D eigenvalue weighted by Gasteiger charge is -2.34. The molecule has 2 aromatic rings. The van der Waals surface area contributed by atoms with E-state index in [2.05, 4.69) is 63.7 Å². The van der Waals surface area contributed by atoms with Crippen LogP contribution >= 0.6 is 12.4 Å². The number of hydrogen-bond acceptors (Lipinski definition) is 3. The van der Waals surface area contributed by atoms with Crippen molar-refractivity contribution in [1.29, 1.82) is 0 Å².